The molecular formula is C20H19NO. The van der Waals surface area contributed by atoms with E-state index in [1.54, 1.807) is 6.92 Å². The Morgan fingerprint density at radius 3 is 2.36 bits per heavy atom. The minimum Gasteiger partial charge on any atom is -0.300 e. The maximum Gasteiger partial charge on any atom is 0.134 e. The summed E-state index contributed by atoms with van der Waals surface area (Å²) in [7, 11) is 0. The lowest BCUT2D eigenvalue weighted by atomic mass is 9.96. The molecule has 0 bridgehead atoms. The quantitative estimate of drug-likeness (QED) is 0.702. The summed E-state index contributed by atoms with van der Waals surface area (Å²) in [6.07, 6.45) is 0.432. The predicted octanol–water partition coefficient (Wildman–Crippen LogP) is 4.65. The van der Waals surface area contributed by atoms with Crippen LogP contribution in [0.15, 0.2) is 48.5 Å². The summed E-state index contributed by atoms with van der Waals surface area (Å²) in [5.74, 6) is 0.161. The second-order valence-electron chi connectivity index (χ2n) is 5.77. The number of nitrogens with zero attached hydrogens (tertiary/aromatic N) is 1. The van der Waals surface area contributed by atoms with Crippen LogP contribution in [0.1, 0.15) is 23.6 Å². The summed E-state index contributed by atoms with van der Waals surface area (Å²) in [5.41, 5.74) is 6.49. The third kappa shape index (κ3) is 2.52. The molecule has 110 valence electrons. The van der Waals surface area contributed by atoms with Gasteiger partial charge in [0.05, 0.1) is 11.2 Å². The largest absolute Gasteiger partial charge is 0.300 e. The van der Waals surface area contributed by atoms with Gasteiger partial charge in [-0.3, -0.25) is 4.79 Å². The van der Waals surface area contributed by atoms with Gasteiger partial charge in [0, 0.05) is 17.4 Å². The summed E-state index contributed by atoms with van der Waals surface area (Å²) in [6, 6.07) is 16.3. The van der Waals surface area contributed by atoms with E-state index in [1.807, 2.05) is 30.3 Å². The molecule has 22 heavy (non-hydrogen) atoms. The molecule has 0 N–H and O–H groups in total. The minimum absolute atomic E-state index is 0.161. The first-order valence-electron chi connectivity index (χ1n) is 7.51. The van der Waals surface area contributed by atoms with Crippen molar-refractivity contribution in [1.82, 2.24) is 4.98 Å². The number of aromatic nitrogens is 1. The van der Waals surface area contributed by atoms with E-state index in [2.05, 4.69) is 32.0 Å². The Hall–Kier alpha value is -2.48. The Bertz CT molecular complexity index is 850. The molecule has 0 aliphatic heterocycles. The van der Waals surface area contributed by atoms with Crippen molar-refractivity contribution in [2.24, 2.45) is 0 Å². The molecule has 2 nitrogen and oxygen atoms in total. The Morgan fingerprint density at radius 1 is 0.955 bits per heavy atom. The number of benzene rings is 2. The lowest BCUT2D eigenvalue weighted by molar-refractivity contribution is -0.116. The molecule has 3 rings (SSSR count). The highest BCUT2D eigenvalue weighted by Crippen LogP contribution is 2.30. The zero-order chi connectivity index (χ0) is 15.7. The van der Waals surface area contributed by atoms with Gasteiger partial charge in [-0.2, -0.15) is 0 Å². The van der Waals surface area contributed by atoms with Gasteiger partial charge in [-0.15, -0.1) is 0 Å². The number of pyridine rings is 1. The predicted molar refractivity (Wildman–Crippen MR) is 91.0 cm³/mol. The second kappa shape index (κ2) is 5.72. The van der Waals surface area contributed by atoms with Gasteiger partial charge in [-0.1, -0.05) is 48.5 Å². The molecule has 1 aromatic heterocycles. The number of ketones is 1. The molecule has 3 aromatic rings. The van der Waals surface area contributed by atoms with Crippen molar-refractivity contribution < 1.29 is 4.79 Å². The average Bonchev–Trinajstić information content (AvgIpc) is 2.51. The fourth-order valence-electron chi connectivity index (χ4n) is 2.89. The van der Waals surface area contributed by atoms with Crippen molar-refractivity contribution in [1.29, 1.82) is 0 Å². The highest BCUT2D eigenvalue weighted by Gasteiger charge is 2.13. The Balaban J connectivity index is 2.31. The first-order valence-corrected chi connectivity index (χ1v) is 7.51. The molecule has 1 heterocycles. The van der Waals surface area contributed by atoms with Gasteiger partial charge in [0.1, 0.15) is 5.78 Å². The van der Waals surface area contributed by atoms with Gasteiger partial charge in [-0.25, -0.2) is 4.98 Å². The van der Waals surface area contributed by atoms with E-state index >= 15 is 0 Å². The van der Waals surface area contributed by atoms with E-state index in [9.17, 15) is 4.79 Å². The minimum atomic E-state index is 0.161. The molecule has 0 atom stereocenters. The molecule has 0 amide bonds. The van der Waals surface area contributed by atoms with E-state index in [0.717, 1.165) is 27.7 Å². The SMILES string of the molecule is CC(=O)Cc1cccc2c(C)c(C)c(-c3ccccc3)nc12. The number of hydrogen-bond donors (Lipinski definition) is 0. The molecule has 0 aliphatic rings. The van der Waals surface area contributed by atoms with Crippen LogP contribution >= 0.6 is 0 Å². The lowest BCUT2D eigenvalue weighted by Gasteiger charge is -2.14. The van der Waals surface area contributed by atoms with E-state index in [1.165, 1.54) is 11.1 Å². The normalized spacial score (nSPS) is 10.9. The maximum absolute atomic E-state index is 11.5. The summed E-state index contributed by atoms with van der Waals surface area (Å²) >= 11 is 0. The van der Waals surface area contributed by atoms with Crippen LogP contribution < -0.4 is 0 Å². The number of rotatable bonds is 3. The Labute approximate surface area is 130 Å². The molecule has 2 heteroatoms. The molecule has 2 aromatic carbocycles. The van der Waals surface area contributed by atoms with Crippen molar-refractivity contribution >= 4 is 16.7 Å². The van der Waals surface area contributed by atoms with Gasteiger partial charge in [0.2, 0.25) is 0 Å². The molecule has 0 saturated carbocycles. The topological polar surface area (TPSA) is 30.0 Å². The summed E-state index contributed by atoms with van der Waals surface area (Å²) < 4.78 is 0. The van der Waals surface area contributed by atoms with Crippen LogP contribution in [0.2, 0.25) is 0 Å². The van der Waals surface area contributed by atoms with Crippen LogP contribution in [0.3, 0.4) is 0 Å². The van der Waals surface area contributed by atoms with Crippen LogP contribution in [0, 0.1) is 13.8 Å². The van der Waals surface area contributed by atoms with Gasteiger partial charge in [0.15, 0.2) is 0 Å². The van der Waals surface area contributed by atoms with Crippen LogP contribution in [-0.4, -0.2) is 10.8 Å². The molecule has 0 fully saturated rings. The second-order valence-corrected chi connectivity index (χ2v) is 5.77. The van der Waals surface area contributed by atoms with Gasteiger partial charge in [0.25, 0.3) is 0 Å². The third-order valence-electron chi connectivity index (χ3n) is 4.15. The summed E-state index contributed by atoms with van der Waals surface area (Å²) in [4.78, 5) is 16.4. The van der Waals surface area contributed by atoms with Crippen LogP contribution in [0.5, 0.6) is 0 Å². The van der Waals surface area contributed by atoms with E-state index in [4.69, 9.17) is 4.98 Å². The average molecular weight is 289 g/mol. The fraction of sp³-hybridized carbons (Fsp3) is 0.200. The lowest BCUT2D eigenvalue weighted by Crippen LogP contribution is -2.01. The monoisotopic (exact) mass is 289 g/mol. The standard InChI is InChI=1S/C20H19NO/c1-13(22)12-17-10-7-11-18-14(2)15(3)19(21-20(17)18)16-8-5-4-6-9-16/h4-11H,12H2,1-3H3. The van der Waals surface area contributed by atoms with E-state index in [-0.39, 0.29) is 5.78 Å². The van der Waals surface area contributed by atoms with Gasteiger partial charge >= 0.3 is 0 Å². The van der Waals surface area contributed by atoms with Crippen LogP contribution in [0.25, 0.3) is 22.2 Å². The number of hydrogen-bond acceptors (Lipinski definition) is 2. The number of Topliss-reactive ketones (excluding diaryl/α,β-unsaturated/α-hetero) is 1. The highest BCUT2D eigenvalue weighted by molar-refractivity contribution is 5.92. The van der Waals surface area contributed by atoms with Crippen molar-refractivity contribution in [3.63, 3.8) is 0 Å². The van der Waals surface area contributed by atoms with Crippen LogP contribution in [0.4, 0.5) is 0 Å². The molecule has 0 unspecified atom stereocenters. The molecular weight excluding hydrogens is 270 g/mol. The number of fused-ring (bicyclic) bond motifs is 1. The number of aryl methyl sites for hydroxylation is 1. The summed E-state index contributed by atoms with van der Waals surface area (Å²) in [5, 5.41) is 1.14. The first-order chi connectivity index (χ1) is 10.6. The van der Waals surface area contributed by atoms with Gasteiger partial charge < -0.3 is 0 Å². The molecule has 0 aliphatic carbocycles. The Kier molecular flexibility index (Phi) is 3.76. The highest BCUT2D eigenvalue weighted by atomic mass is 16.1. The number of carbonyl (C=O) groups excluding carboxylic acids is 1. The van der Waals surface area contributed by atoms with Crippen molar-refractivity contribution in [3.8, 4) is 11.3 Å². The smallest absolute Gasteiger partial charge is 0.134 e. The summed E-state index contributed by atoms with van der Waals surface area (Å²) in [6.45, 7) is 5.86. The molecule has 0 spiro atoms. The Morgan fingerprint density at radius 2 is 1.68 bits per heavy atom. The molecule has 0 radical (unpaired) electrons. The van der Waals surface area contributed by atoms with E-state index < -0.39 is 0 Å². The zero-order valence-corrected chi connectivity index (χ0v) is 13.2. The van der Waals surface area contributed by atoms with Crippen molar-refractivity contribution in [2.45, 2.75) is 27.2 Å². The van der Waals surface area contributed by atoms with Gasteiger partial charge in [-0.05, 0) is 37.5 Å². The van der Waals surface area contributed by atoms with Crippen LogP contribution in [-0.2, 0) is 11.2 Å². The number of carbonyl (C=O) groups is 1. The zero-order valence-electron chi connectivity index (χ0n) is 13.2. The number of para-hydroxylation sites is 1. The fourth-order valence-corrected chi connectivity index (χ4v) is 2.89. The van der Waals surface area contributed by atoms with Crippen molar-refractivity contribution in [2.75, 3.05) is 0 Å². The first kappa shape index (κ1) is 14.5. The maximum atomic E-state index is 11.5. The molecule has 0 saturated heterocycles. The van der Waals surface area contributed by atoms with Crippen molar-refractivity contribution in [3.05, 3.63) is 65.2 Å². The van der Waals surface area contributed by atoms with E-state index in [0.29, 0.717) is 6.42 Å². The third-order valence-corrected chi connectivity index (χ3v) is 4.15.